The van der Waals surface area contributed by atoms with Gasteiger partial charge in [-0.3, -0.25) is 4.79 Å². The molecule has 2 aromatic rings. The van der Waals surface area contributed by atoms with E-state index in [1.54, 1.807) is 7.11 Å². The predicted octanol–water partition coefficient (Wildman–Crippen LogP) is 3.11. The van der Waals surface area contributed by atoms with Crippen molar-refractivity contribution in [2.45, 2.75) is 33.2 Å². The van der Waals surface area contributed by atoms with Crippen molar-refractivity contribution in [3.8, 4) is 5.75 Å². The van der Waals surface area contributed by atoms with Crippen LogP contribution in [0, 0.1) is 18.3 Å². The fourth-order valence-electron chi connectivity index (χ4n) is 3.87. The number of aromatic nitrogens is 3. The molecule has 2 atom stereocenters. The number of ether oxygens (including phenoxy) is 1. The highest BCUT2D eigenvalue weighted by Gasteiger charge is 2.44. The van der Waals surface area contributed by atoms with Gasteiger partial charge in [-0.05, 0) is 30.0 Å². The van der Waals surface area contributed by atoms with Crippen LogP contribution in [0.15, 0.2) is 36.0 Å². The molecule has 0 spiro atoms. The number of hydrogen-bond donors (Lipinski definition) is 1. The molecule has 1 N–H and O–H groups in total. The van der Waals surface area contributed by atoms with Gasteiger partial charge in [-0.25, -0.2) is 4.68 Å². The van der Waals surface area contributed by atoms with Crippen LogP contribution in [-0.4, -0.2) is 27.7 Å². The third-order valence-corrected chi connectivity index (χ3v) is 4.89. The standard InChI is InChI=1S/C19H22N4O2/c1-11-20-18-21-14-9-19(2,3)10-15(24)16(14)17(23(18)22-11)12-5-7-13(25-4)8-6-12/h5-9,16-17H,10H2,1-4H3,(H,20,21,22)/t16-,17-/m1/s1. The Hall–Kier alpha value is -2.63. The smallest absolute Gasteiger partial charge is 0.226 e. The molecule has 0 unspecified atom stereocenters. The summed E-state index contributed by atoms with van der Waals surface area (Å²) < 4.78 is 7.10. The van der Waals surface area contributed by atoms with E-state index < -0.39 is 0 Å². The predicted molar refractivity (Wildman–Crippen MR) is 94.5 cm³/mol. The summed E-state index contributed by atoms with van der Waals surface area (Å²) in [6, 6.07) is 7.64. The molecule has 2 heterocycles. The fourth-order valence-corrected chi connectivity index (χ4v) is 3.87. The number of hydrogen-bond acceptors (Lipinski definition) is 5. The Morgan fingerprint density at radius 3 is 2.68 bits per heavy atom. The van der Waals surface area contributed by atoms with Crippen molar-refractivity contribution >= 4 is 11.7 Å². The number of ketones is 1. The monoisotopic (exact) mass is 338 g/mol. The number of benzene rings is 1. The number of fused-ring (bicyclic) bond motifs is 2. The van der Waals surface area contributed by atoms with Crippen LogP contribution in [0.2, 0.25) is 0 Å². The summed E-state index contributed by atoms with van der Waals surface area (Å²) in [6.07, 6.45) is 2.70. The first-order chi connectivity index (χ1) is 11.9. The largest absolute Gasteiger partial charge is 0.497 e. The summed E-state index contributed by atoms with van der Waals surface area (Å²) in [7, 11) is 1.64. The van der Waals surface area contributed by atoms with E-state index in [4.69, 9.17) is 4.74 Å². The number of methoxy groups -OCH3 is 1. The maximum Gasteiger partial charge on any atom is 0.226 e. The summed E-state index contributed by atoms with van der Waals surface area (Å²) >= 11 is 0. The lowest BCUT2D eigenvalue weighted by Crippen LogP contribution is -2.42. The second kappa shape index (κ2) is 5.44. The maximum atomic E-state index is 13.0. The van der Waals surface area contributed by atoms with E-state index in [-0.39, 0.29) is 23.2 Å². The summed E-state index contributed by atoms with van der Waals surface area (Å²) in [6.45, 7) is 6.04. The molecule has 1 aliphatic carbocycles. The second-order valence-corrected chi connectivity index (χ2v) is 7.48. The molecule has 0 saturated heterocycles. The van der Waals surface area contributed by atoms with Crippen molar-refractivity contribution < 1.29 is 9.53 Å². The summed E-state index contributed by atoms with van der Waals surface area (Å²) in [5.74, 6) is 2.13. The molecule has 0 fully saturated rings. The van der Waals surface area contributed by atoms with Crippen LogP contribution in [0.4, 0.5) is 5.95 Å². The second-order valence-electron chi connectivity index (χ2n) is 7.48. The molecular weight excluding hydrogens is 316 g/mol. The summed E-state index contributed by atoms with van der Waals surface area (Å²) in [5.41, 5.74) is 1.80. The maximum absolute atomic E-state index is 13.0. The third kappa shape index (κ3) is 2.62. The minimum atomic E-state index is -0.269. The highest BCUT2D eigenvalue weighted by atomic mass is 16.5. The Balaban J connectivity index is 1.88. The van der Waals surface area contributed by atoms with E-state index in [0.29, 0.717) is 18.2 Å². The summed E-state index contributed by atoms with van der Waals surface area (Å²) in [4.78, 5) is 17.5. The van der Waals surface area contributed by atoms with E-state index in [1.165, 1.54) is 0 Å². The summed E-state index contributed by atoms with van der Waals surface area (Å²) in [5, 5.41) is 7.88. The van der Waals surface area contributed by atoms with E-state index in [0.717, 1.165) is 17.0 Å². The molecule has 25 heavy (non-hydrogen) atoms. The number of nitrogens with zero attached hydrogens (tertiary/aromatic N) is 3. The quantitative estimate of drug-likeness (QED) is 0.911. The van der Waals surface area contributed by atoms with E-state index >= 15 is 0 Å². The molecule has 0 amide bonds. The van der Waals surface area contributed by atoms with Crippen LogP contribution in [-0.2, 0) is 4.79 Å². The van der Waals surface area contributed by atoms with Crippen molar-refractivity contribution in [3.05, 3.63) is 47.4 Å². The number of carbonyl (C=O) groups excluding carboxylic acids is 1. The molecule has 1 aliphatic heterocycles. The molecule has 0 saturated carbocycles. The number of nitrogens with one attached hydrogen (secondary N) is 1. The molecule has 130 valence electrons. The van der Waals surface area contributed by atoms with Crippen molar-refractivity contribution in [3.63, 3.8) is 0 Å². The lowest BCUT2D eigenvalue weighted by Gasteiger charge is -2.40. The Kier molecular flexibility index (Phi) is 3.45. The van der Waals surface area contributed by atoms with Crippen LogP contribution < -0.4 is 10.1 Å². The van der Waals surface area contributed by atoms with Crippen molar-refractivity contribution in [2.24, 2.45) is 11.3 Å². The van der Waals surface area contributed by atoms with Crippen LogP contribution in [0.25, 0.3) is 0 Å². The molecule has 1 aromatic carbocycles. The molecule has 1 aromatic heterocycles. The van der Waals surface area contributed by atoms with Gasteiger partial charge in [0.05, 0.1) is 19.1 Å². The normalized spacial score (nSPS) is 24.0. The highest BCUT2D eigenvalue weighted by Crippen LogP contribution is 2.45. The molecule has 0 radical (unpaired) electrons. The minimum absolute atomic E-state index is 0.155. The molecule has 4 rings (SSSR count). The van der Waals surface area contributed by atoms with E-state index in [1.807, 2.05) is 35.9 Å². The van der Waals surface area contributed by atoms with Gasteiger partial charge in [0.25, 0.3) is 0 Å². The van der Waals surface area contributed by atoms with Crippen LogP contribution >= 0.6 is 0 Å². The molecule has 0 bridgehead atoms. The van der Waals surface area contributed by atoms with E-state index in [9.17, 15) is 4.79 Å². The van der Waals surface area contributed by atoms with Crippen molar-refractivity contribution in [1.29, 1.82) is 0 Å². The van der Waals surface area contributed by atoms with Gasteiger partial charge < -0.3 is 10.1 Å². The average molecular weight is 338 g/mol. The van der Waals surface area contributed by atoms with Gasteiger partial charge in [-0.2, -0.15) is 10.1 Å². The Morgan fingerprint density at radius 1 is 1.28 bits per heavy atom. The first-order valence-electron chi connectivity index (χ1n) is 8.47. The number of Topliss-reactive ketones (excluding diaryl/α,β-unsaturated/α-hetero) is 1. The van der Waals surface area contributed by atoms with E-state index in [2.05, 4.69) is 35.3 Å². The van der Waals surface area contributed by atoms with Crippen LogP contribution in [0.3, 0.4) is 0 Å². The topological polar surface area (TPSA) is 69.0 Å². The first-order valence-corrected chi connectivity index (χ1v) is 8.47. The SMILES string of the molecule is COc1ccc([C@@H]2[C@H]3C(=O)CC(C)(C)C=C3Nc3nc(C)nn32)cc1. The molecular formula is C19H22N4O2. The van der Waals surface area contributed by atoms with Crippen LogP contribution in [0.1, 0.15) is 37.7 Å². The fraction of sp³-hybridized carbons (Fsp3) is 0.421. The molecule has 6 nitrogen and oxygen atoms in total. The zero-order valence-electron chi connectivity index (χ0n) is 14.9. The van der Waals surface area contributed by atoms with Gasteiger partial charge in [0.15, 0.2) is 0 Å². The van der Waals surface area contributed by atoms with Crippen molar-refractivity contribution in [1.82, 2.24) is 14.8 Å². The lowest BCUT2D eigenvalue weighted by molar-refractivity contribution is -0.125. The average Bonchev–Trinajstić information content (AvgIpc) is 2.91. The number of anilines is 1. The first kappa shape index (κ1) is 15.9. The number of allylic oxidation sites excluding steroid dienone is 2. The Bertz CT molecular complexity index is 864. The molecule has 6 heteroatoms. The van der Waals surface area contributed by atoms with Crippen molar-refractivity contribution in [2.75, 3.05) is 12.4 Å². The van der Waals surface area contributed by atoms with Gasteiger partial charge in [0.2, 0.25) is 5.95 Å². The number of aryl methyl sites for hydroxylation is 1. The number of carbonyl (C=O) groups is 1. The van der Waals surface area contributed by atoms with Gasteiger partial charge in [-0.1, -0.05) is 32.1 Å². The lowest BCUT2D eigenvalue weighted by atomic mass is 9.72. The van der Waals surface area contributed by atoms with Crippen LogP contribution in [0.5, 0.6) is 5.75 Å². The van der Waals surface area contributed by atoms with Gasteiger partial charge >= 0.3 is 0 Å². The zero-order valence-corrected chi connectivity index (χ0v) is 14.9. The molecule has 2 aliphatic rings. The highest BCUT2D eigenvalue weighted by molar-refractivity contribution is 5.88. The third-order valence-electron chi connectivity index (χ3n) is 4.89. The Morgan fingerprint density at radius 2 is 2.00 bits per heavy atom. The Labute approximate surface area is 146 Å². The van der Waals surface area contributed by atoms with Gasteiger partial charge in [-0.15, -0.1) is 0 Å². The van der Waals surface area contributed by atoms with Gasteiger partial charge in [0.1, 0.15) is 17.4 Å². The minimum Gasteiger partial charge on any atom is -0.497 e. The van der Waals surface area contributed by atoms with Gasteiger partial charge in [0, 0.05) is 12.1 Å². The zero-order chi connectivity index (χ0) is 17.8. The number of rotatable bonds is 2.